The first-order chi connectivity index (χ1) is 16.5. The molecule has 0 bridgehead atoms. The molecule has 2 aromatic rings. The second kappa shape index (κ2) is 11.0. The van der Waals surface area contributed by atoms with Crippen LogP contribution in [0.25, 0.3) is 6.08 Å². The van der Waals surface area contributed by atoms with Gasteiger partial charge in [-0.2, -0.15) is 0 Å². The molecule has 0 saturated carbocycles. The molecular weight excluding hydrogens is 458 g/mol. The average Bonchev–Trinajstić information content (AvgIpc) is 3.12. The number of imide groups is 1. The van der Waals surface area contributed by atoms with E-state index >= 15 is 0 Å². The number of thioether (sulfide) groups is 1. The highest BCUT2D eigenvalue weighted by atomic mass is 32.2. The van der Waals surface area contributed by atoms with Gasteiger partial charge in [0.25, 0.3) is 17.1 Å². The molecular formula is C24H23N3O6S. The number of rotatable bonds is 7. The fourth-order valence-corrected chi connectivity index (χ4v) is 4.25. The lowest BCUT2D eigenvalue weighted by atomic mass is 10.2. The van der Waals surface area contributed by atoms with Crippen LogP contribution in [0.2, 0.25) is 0 Å². The van der Waals surface area contributed by atoms with E-state index in [9.17, 15) is 19.2 Å². The van der Waals surface area contributed by atoms with Gasteiger partial charge in [0, 0.05) is 24.3 Å². The maximum atomic E-state index is 12.8. The lowest BCUT2D eigenvalue weighted by molar-refractivity contribution is -0.139. The van der Waals surface area contributed by atoms with Crippen LogP contribution in [-0.2, 0) is 19.1 Å². The number of carbonyl (C=O) groups excluding carboxylic acids is 4. The molecule has 10 heteroatoms. The first-order valence-electron chi connectivity index (χ1n) is 10.7. The van der Waals surface area contributed by atoms with Gasteiger partial charge in [-0.15, -0.1) is 0 Å². The number of nitrogens with zero attached hydrogens (tertiary/aromatic N) is 2. The highest BCUT2D eigenvalue weighted by Gasteiger charge is 2.37. The number of hydrogen-bond donors (Lipinski definition) is 1. The molecule has 4 amide bonds. The van der Waals surface area contributed by atoms with Gasteiger partial charge in [0.1, 0.15) is 12.3 Å². The van der Waals surface area contributed by atoms with Crippen molar-refractivity contribution in [2.75, 3.05) is 44.8 Å². The number of carbonyl (C=O) groups is 4. The normalized spacial score (nSPS) is 17.2. The van der Waals surface area contributed by atoms with Gasteiger partial charge in [-0.1, -0.05) is 36.4 Å². The van der Waals surface area contributed by atoms with Crippen molar-refractivity contribution >= 4 is 46.5 Å². The molecule has 2 heterocycles. The van der Waals surface area contributed by atoms with Crippen LogP contribution in [0.1, 0.15) is 5.56 Å². The third kappa shape index (κ3) is 5.83. The van der Waals surface area contributed by atoms with E-state index in [4.69, 9.17) is 9.47 Å². The molecule has 9 nitrogen and oxygen atoms in total. The Balaban J connectivity index is 1.40. The minimum Gasteiger partial charge on any atom is -0.483 e. The molecule has 2 aliphatic rings. The average molecular weight is 482 g/mol. The Bertz CT molecular complexity index is 1110. The van der Waals surface area contributed by atoms with Crippen molar-refractivity contribution in [1.29, 1.82) is 0 Å². The Morgan fingerprint density at radius 1 is 1.03 bits per heavy atom. The van der Waals surface area contributed by atoms with E-state index < -0.39 is 11.1 Å². The first-order valence-corrected chi connectivity index (χ1v) is 11.5. The van der Waals surface area contributed by atoms with Crippen molar-refractivity contribution < 1.29 is 28.7 Å². The molecule has 0 atom stereocenters. The van der Waals surface area contributed by atoms with Crippen molar-refractivity contribution in [2.45, 2.75) is 0 Å². The van der Waals surface area contributed by atoms with Gasteiger partial charge in [0.2, 0.25) is 5.91 Å². The molecule has 0 radical (unpaired) electrons. The van der Waals surface area contributed by atoms with Crippen molar-refractivity contribution in [3.63, 3.8) is 0 Å². The van der Waals surface area contributed by atoms with Crippen LogP contribution in [0.15, 0.2) is 59.5 Å². The van der Waals surface area contributed by atoms with E-state index in [1.54, 1.807) is 41.3 Å². The molecule has 2 fully saturated rings. The number of nitrogens with one attached hydrogen (secondary N) is 1. The third-order valence-corrected chi connectivity index (χ3v) is 6.06. The molecule has 2 aliphatic heterocycles. The highest BCUT2D eigenvalue weighted by molar-refractivity contribution is 8.18. The van der Waals surface area contributed by atoms with E-state index in [-0.39, 0.29) is 29.9 Å². The predicted octanol–water partition coefficient (Wildman–Crippen LogP) is 2.60. The Labute approximate surface area is 200 Å². The summed E-state index contributed by atoms with van der Waals surface area (Å²) in [6.45, 7) is 1.22. The Kier molecular flexibility index (Phi) is 7.61. The lowest BCUT2D eigenvalue weighted by Gasteiger charge is -2.28. The molecule has 0 spiro atoms. The summed E-state index contributed by atoms with van der Waals surface area (Å²) < 4.78 is 10.9. The van der Waals surface area contributed by atoms with Crippen molar-refractivity contribution in [3.8, 4) is 5.75 Å². The van der Waals surface area contributed by atoms with E-state index in [1.165, 1.54) is 6.08 Å². The van der Waals surface area contributed by atoms with Crippen molar-refractivity contribution in [3.05, 3.63) is 65.1 Å². The number of ether oxygens (including phenoxy) is 2. The molecule has 0 unspecified atom stereocenters. The van der Waals surface area contributed by atoms with Crippen LogP contribution < -0.4 is 10.1 Å². The summed E-state index contributed by atoms with van der Waals surface area (Å²) in [7, 11) is 0. The molecule has 4 rings (SSSR count). The minimum absolute atomic E-state index is 0.185. The van der Waals surface area contributed by atoms with Gasteiger partial charge in [0.15, 0.2) is 6.61 Å². The zero-order chi connectivity index (χ0) is 23.9. The summed E-state index contributed by atoms with van der Waals surface area (Å²) in [4.78, 5) is 52.7. The number of anilines is 1. The van der Waals surface area contributed by atoms with Crippen molar-refractivity contribution in [2.24, 2.45) is 0 Å². The van der Waals surface area contributed by atoms with E-state index in [0.29, 0.717) is 43.3 Å². The maximum absolute atomic E-state index is 12.8. The van der Waals surface area contributed by atoms with Crippen LogP contribution in [0.4, 0.5) is 10.5 Å². The van der Waals surface area contributed by atoms with Gasteiger partial charge in [-0.25, -0.2) is 0 Å². The fourth-order valence-electron chi connectivity index (χ4n) is 3.42. The Hall–Kier alpha value is -3.63. The van der Waals surface area contributed by atoms with Gasteiger partial charge in [-0.05, 0) is 36.0 Å². The van der Waals surface area contributed by atoms with Crippen LogP contribution in [0.3, 0.4) is 0 Å². The fraction of sp³-hybridized carbons (Fsp3) is 0.250. The van der Waals surface area contributed by atoms with Crippen LogP contribution in [-0.4, -0.2) is 72.2 Å². The molecule has 0 aliphatic carbocycles. The Morgan fingerprint density at radius 3 is 2.50 bits per heavy atom. The number of para-hydroxylation sites is 2. The first kappa shape index (κ1) is 23.5. The van der Waals surface area contributed by atoms with E-state index in [2.05, 4.69) is 5.32 Å². The summed E-state index contributed by atoms with van der Waals surface area (Å²) in [5.74, 6) is -0.766. The highest BCUT2D eigenvalue weighted by Crippen LogP contribution is 2.34. The summed E-state index contributed by atoms with van der Waals surface area (Å²) in [6.07, 6.45) is 1.54. The van der Waals surface area contributed by atoms with E-state index in [0.717, 1.165) is 16.7 Å². The van der Waals surface area contributed by atoms with Crippen LogP contribution >= 0.6 is 11.8 Å². The number of amides is 4. The smallest absolute Gasteiger partial charge is 0.294 e. The monoisotopic (exact) mass is 481 g/mol. The quantitative estimate of drug-likeness (QED) is 0.606. The third-order valence-electron chi connectivity index (χ3n) is 5.15. The molecule has 176 valence electrons. The van der Waals surface area contributed by atoms with Crippen LogP contribution in [0, 0.1) is 0 Å². The zero-order valence-electron chi connectivity index (χ0n) is 18.3. The largest absolute Gasteiger partial charge is 0.483 e. The summed E-state index contributed by atoms with van der Waals surface area (Å²) in [6, 6.07) is 15.9. The Morgan fingerprint density at radius 2 is 1.74 bits per heavy atom. The summed E-state index contributed by atoms with van der Waals surface area (Å²) in [5.41, 5.74) is 1.20. The SMILES string of the molecule is O=C(COc1ccccc1/C=C1/SC(=O)N(CC(=O)N2CCOCC2)C1=O)Nc1ccccc1. The number of benzene rings is 2. The number of hydrogen-bond acceptors (Lipinski definition) is 7. The predicted molar refractivity (Wildman–Crippen MR) is 127 cm³/mol. The number of morpholine rings is 1. The van der Waals surface area contributed by atoms with Crippen LogP contribution in [0.5, 0.6) is 5.75 Å². The zero-order valence-corrected chi connectivity index (χ0v) is 19.1. The van der Waals surface area contributed by atoms with Gasteiger partial charge < -0.3 is 19.7 Å². The standard InChI is InChI=1S/C24H23N3O6S/c28-21(25-18-7-2-1-3-8-18)16-33-19-9-5-4-6-17(19)14-20-23(30)27(24(31)34-20)15-22(29)26-10-12-32-13-11-26/h1-9,14H,10-13,15-16H2,(H,25,28)/b20-14+. The lowest BCUT2D eigenvalue weighted by Crippen LogP contribution is -2.46. The summed E-state index contributed by atoms with van der Waals surface area (Å²) >= 11 is 0.768. The molecule has 2 saturated heterocycles. The maximum Gasteiger partial charge on any atom is 0.294 e. The molecule has 34 heavy (non-hydrogen) atoms. The van der Waals surface area contributed by atoms with Gasteiger partial charge in [-0.3, -0.25) is 24.1 Å². The van der Waals surface area contributed by atoms with Gasteiger partial charge >= 0.3 is 0 Å². The van der Waals surface area contributed by atoms with Gasteiger partial charge in [0.05, 0.1) is 18.1 Å². The van der Waals surface area contributed by atoms with Crippen molar-refractivity contribution in [1.82, 2.24) is 9.80 Å². The molecule has 0 aromatic heterocycles. The molecule has 1 N–H and O–H groups in total. The second-order valence-corrected chi connectivity index (χ2v) is 8.49. The minimum atomic E-state index is -0.534. The topological polar surface area (TPSA) is 105 Å². The molecule has 2 aromatic carbocycles. The van der Waals surface area contributed by atoms with E-state index in [1.807, 2.05) is 18.2 Å². The second-order valence-electron chi connectivity index (χ2n) is 7.50. The summed E-state index contributed by atoms with van der Waals surface area (Å²) in [5, 5.41) is 2.23.